The zero-order valence-electron chi connectivity index (χ0n) is 14.9. The van der Waals surface area contributed by atoms with Gasteiger partial charge in [-0.1, -0.05) is 42.5 Å². The van der Waals surface area contributed by atoms with Crippen LogP contribution in [0.25, 0.3) is 0 Å². The van der Waals surface area contributed by atoms with Crippen molar-refractivity contribution in [3.05, 3.63) is 60.2 Å². The molecule has 7 heteroatoms. The Morgan fingerprint density at radius 3 is 2.42 bits per heavy atom. The molecule has 140 valence electrons. The Morgan fingerprint density at radius 1 is 1.04 bits per heavy atom. The predicted octanol–water partition coefficient (Wildman–Crippen LogP) is 2.61. The lowest BCUT2D eigenvalue weighted by Crippen LogP contribution is -2.36. The highest BCUT2D eigenvalue weighted by Crippen LogP contribution is 2.27. The van der Waals surface area contributed by atoms with Gasteiger partial charge >= 0.3 is 0 Å². The summed E-state index contributed by atoms with van der Waals surface area (Å²) < 4.78 is 36.0. The molecule has 1 aliphatic heterocycles. The molecular formula is C19H25N3O3S. The number of anilines is 1. The minimum Gasteiger partial charge on any atom is -0.488 e. The van der Waals surface area contributed by atoms with Gasteiger partial charge in [0, 0.05) is 19.6 Å². The summed E-state index contributed by atoms with van der Waals surface area (Å²) in [5.74, 6) is 0.562. The highest BCUT2D eigenvalue weighted by molar-refractivity contribution is 7.90. The Hall–Kier alpha value is -2.09. The van der Waals surface area contributed by atoms with Crippen molar-refractivity contribution >= 4 is 15.9 Å². The molecule has 0 aliphatic carbocycles. The maximum absolute atomic E-state index is 12.4. The Kier molecular flexibility index (Phi) is 6.13. The molecule has 0 amide bonds. The van der Waals surface area contributed by atoms with E-state index in [-0.39, 0.29) is 12.6 Å². The standard InChI is InChI=1S/C19H25N3O3S/c1-22-13-11-17(12-14-22)25-19-10-6-5-9-18(19)21-26(23,24)20-15-16-7-3-2-4-8-16/h2-10,17,20-21H,11-15H2,1H3. The van der Waals surface area contributed by atoms with E-state index >= 15 is 0 Å². The van der Waals surface area contributed by atoms with Gasteiger partial charge in [0.2, 0.25) is 0 Å². The minimum absolute atomic E-state index is 0.106. The van der Waals surface area contributed by atoms with Crippen molar-refractivity contribution in [2.75, 3.05) is 24.9 Å². The van der Waals surface area contributed by atoms with E-state index in [1.54, 1.807) is 18.2 Å². The van der Waals surface area contributed by atoms with E-state index in [0.29, 0.717) is 11.4 Å². The molecular weight excluding hydrogens is 350 g/mol. The van der Waals surface area contributed by atoms with Gasteiger partial charge in [0.15, 0.2) is 0 Å². The van der Waals surface area contributed by atoms with Gasteiger partial charge in [0.1, 0.15) is 11.9 Å². The number of nitrogens with one attached hydrogen (secondary N) is 2. The lowest BCUT2D eigenvalue weighted by molar-refractivity contribution is 0.115. The number of piperidine rings is 1. The van der Waals surface area contributed by atoms with Gasteiger partial charge in [-0.3, -0.25) is 4.72 Å². The monoisotopic (exact) mass is 375 g/mol. The van der Waals surface area contributed by atoms with E-state index < -0.39 is 10.2 Å². The molecule has 0 radical (unpaired) electrons. The zero-order chi connectivity index (χ0) is 18.4. The molecule has 0 unspecified atom stereocenters. The average Bonchev–Trinajstić information content (AvgIpc) is 2.64. The molecule has 1 fully saturated rings. The fourth-order valence-corrected chi connectivity index (χ4v) is 3.78. The van der Waals surface area contributed by atoms with Crippen LogP contribution in [0.15, 0.2) is 54.6 Å². The second-order valence-corrected chi connectivity index (χ2v) is 8.03. The number of hydrogen-bond donors (Lipinski definition) is 2. The molecule has 2 aromatic rings. The van der Waals surface area contributed by atoms with Crippen LogP contribution in [0.4, 0.5) is 5.69 Å². The second kappa shape index (κ2) is 8.53. The van der Waals surface area contributed by atoms with Crippen LogP contribution in [0.1, 0.15) is 18.4 Å². The first-order valence-corrected chi connectivity index (χ1v) is 10.3. The molecule has 2 aromatic carbocycles. The summed E-state index contributed by atoms with van der Waals surface area (Å²) in [6, 6.07) is 16.5. The fraction of sp³-hybridized carbons (Fsp3) is 0.368. The van der Waals surface area contributed by atoms with Crippen molar-refractivity contribution in [2.24, 2.45) is 0 Å². The van der Waals surface area contributed by atoms with E-state index in [4.69, 9.17) is 4.74 Å². The molecule has 1 saturated heterocycles. The van der Waals surface area contributed by atoms with Gasteiger partial charge in [0.25, 0.3) is 10.2 Å². The first-order valence-electron chi connectivity index (χ1n) is 8.77. The van der Waals surface area contributed by atoms with Gasteiger partial charge in [-0.2, -0.15) is 13.1 Å². The first-order chi connectivity index (χ1) is 12.5. The number of rotatable bonds is 7. The third kappa shape index (κ3) is 5.45. The van der Waals surface area contributed by atoms with Crippen molar-refractivity contribution in [1.29, 1.82) is 0 Å². The van der Waals surface area contributed by atoms with Gasteiger partial charge in [0.05, 0.1) is 5.69 Å². The maximum Gasteiger partial charge on any atom is 0.299 e. The summed E-state index contributed by atoms with van der Waals surface area (Å²) in [7, 11) is -1.60. The smallest absolute Gasteiger partial charge is 0.299 e. The van der Waals surface area contributed by atoms with E-state index in [1.807, 2.05) is 36.4 Å². The van der Waals surface area contributed by atoms with Crippen molar-refractivity contribution in [3.63, 3.8) is 0 Å². The molecule has 0 spiro atoms. The number of nitrogens with zero attached hydrogens (tertiary/aromatic N) is 1. The van der Waals surface area contributed by atoms with Crippen LogP contribution in [0.2, 0.25) is 0 Å². The van der Waals surface area contributed by atoms with Gasteiger partial charge in [-0.05, 0) is 37.6 Å². The van der Waals surface area contributed by atoms with Crippen LogP contribution in [-0.4, -0.2) is 39.6 Å². The van der Waals surface area contributed by atoms with Crippen LogP contribution in [0.3, 0.4) is 0 Å². The van der Waals surface area contributed by atoms with Crippen molar-refractivity contribution in [1.82, 2.24) is 9.62 Å². The Bertz CT molecular complexity index is 804. The summed E-state index contributed by atoms with van der Waals surface area (Å²) in [5.41, 5.74) is 1.35. The third-order valence-electron chi connectivity index (χ3n) is 4.40. The molecule has 0 aromatic heterocycles. The molecule has 0 atom stereocenters. The highest BCUT2D eigenvalue weighted by Gasteiger charge is 2.20. The second-order valence-electron chi connectivity index (χ2n) is 6.53. The lowest BCUT2D eigenvalue weighted by atomic mass is 10.1. The van der Waals surface area contributed by atoms with E-state index in [9.17, 15) is 8.42 Å². The van der Waals surface area contributed by atoms with Gasteiger partial charge in [-0.15, -0.1) is 0 Å². The van der Waals surface area contributed by atoms with Crippen molar-refractivity contribution < 1.29 is 13.2 Å². The van der Waals surface area contributed by atoms with Gasteiger partial charge < -0.3 is 9.64 Å². The topological polar surface area (TPSA) is 70.7 Å². The van der Waals surface area contributed by atoms with Crippen LogP contribution in [0.5, 0.6) is 5.75 Å². The fourth-order valence-electron chi connectivity index (χ4n) is 2.89. The number of likely N-dealkylation sites (tertiary alicyclic amines) is 1. The summed E-state index contributed by atoms with van der Waals surface area (Å²) in [5, 5.41) is 0. The number of ether oxygens (including phenoxy) is 1. The van der Waals surface area contributed by atoms with E-state index in [0.717, 1.165) is 31.5 Å². The lowest BCUT2D eigenvalue weighted by Gasteiger charge is -2.29. The van der Waals surface area contributed by atoms with Crippen LogP contribution >= 0.6 is 0 Å². The van der Waals surface area contributed by atoms with Crippen LogP contribution < -0.4 is 14.2 Å². The zero-order valence-corrected chi connectivity index (χ0v) is 15.7. The van der Waals surface area contributed by atoms with E-state index in [2.05, 4.69) is 21.4 Å². The predicted molar refractivity (Wildman–Crippen MR) is 103 cm³/mol. The largest absolute Gasteiger partial charge is 0.488 e. The number of hydrogen-bond acceptors (Lipinski definition) is 4. The molecule has 2 N–H and O–H groups in total. The molecule has 0 saturated carbocycles. The highest BCUT2D eigenvalue weighted by atomic mass is 32.2. The first kappa shape index (κ1) is 18.7. The van der Waals surface area contributed by atoms with Crippen molar-refractivity contribution in [2.45, 2.75) is 25.5 Å². The molecule has 6 nitrogen and oxygen atoms in total. The Balaban J connectivity index is 1.63. The number of para-hydroxylation sites is 2. The molecule has 1 aliphatic rings. The van der Waals surface area contributed by atoms with Crippen molar-refractivity contribution in [3.8, 4) is 5.75 Å². The third-order valence-corrected chi connectivity index (χ3v) is 5.41. The molecule has 26 heavy (non-hydrogen) atoms. The maximum atomic E-state index is 12.4. The average molecular weight is 375 g/mol. The van der Waals surface area contributed by atoms with E-state index in [1.165, 1.54) is 0 Å². The quantitative estimate of drug-likeness (QED) is 0.780. The summed E-state index contributed by atoms with van der Waals surface area (Å²) in [4.78, 5) is 2.27. The Labute approximate surface area is 155 Å². The summed E-state index contributed by atoms with van der Waals surface area (Å²) in [6.07, 6.45) is 1.97. The minimum atomic E-state index is -3.69. The van der Waals surface area contributed by atoms with Crippen LogP contribution in [-0.2, 0) is 16.8 Å². The molecule has 1 heterocycles. The Morgan fingerprint density at radius 2 is 1.69 bits per heavy atom. The van der Waals surface area contributed by atoms with Gasteiger partial charge in [-0.25, -0.2) is 0 Å². The molecule has 0 bridgehead atoms. The molecule has 3 rings (SSSR count). The summed E-state index contributed by atoms with van der Waals surface area (Å²) >= 11 is 0. The number of benzene rings is 2. The summed E-state index contributed by atoms with van der Waals surface area (Å²) in [6.45, 7) is 2.20. The van der Waals surface area contributed by atoms with Crippen LogP contribution in [0, 0.1) is 0 Å². The SMILES string of the molecule is CN1CCC(Oc2ccccc2NS(=O)(=O)NCc2ccccc2)CC1. The normalized spacial score (nSPS) is 16.3.